The molecule has 2 aliphatic rings. The number of H-pyrrole nitrogens is 1. The molecule has 0 radical (unpaired) electrons. The maximum Gasteiger partial charge on any atom is 0.257 e. The number of nitrogens with zero attached hydrogens (tertiary/aromatic N) is 3. The van der Waals surface area contributed by atoms with Crippen LogP contribution in [0.15, 0.2) is 6.20 Å². The van der Waals surface area contributed by atoms with Gasteiger partial charge in [-0.15, -0.1) is 0 Å². The van der Waals surface area contributed by atoms with Crippen LogP contribution >= 0.6 is 0 Å². The highest BCUT2D eigenvalue weighted by atomic mass is 16.2. The van der Waals surface area contributed by atoms with E-state index in [1.165, 1.54) is 0 Å². The molecule has 1 aromatic rings. The van der Waals surface area contributed by atoms with Gasteiger partial charge in [0, 0.05) is 51.0 Å². The lowest BCUT2D eigenvalue weighted by atomic mass is 10.0. The Hall–Kier alpha value is -1.40. The lowest BCUT2D eigenvalue weighted by Gasteiger charge is -2.46. The monoisotopic (exact) mass is 249 g/mol. The number of hydrogen-bond donors (Lipinski definition) is 2. The molecule has 1 amide bonds. The van der Waals surface area contributed by atoms with Crippen molar-refractivity contribution >= 4 is 5.91 Å². The van der Waals surface area contributed by atoms with Crippen LogP contribution in [-0.2, 0) is 0 Å². The molecule has 0 spiro atoms. The van der Waals surface area contributed by atoms with Gasteiger partial charge in [-0.3, -0.25) is 14.8 Å². The van der Waals surface area contributed by atoms with Crippen LogP contribution in [0.5, 0.6) is 0 Å². The highest BCUT2D eigenvalue weighted by molar-refractivity contribution is 5.95. The maximum absolute atomic E-state index is 12.2. The topological polar surface area (TPSA) is 64.3 Å². The number of nitrogens with one attached hydrogen (secondary N) is 2. The number of aryl methyl sites for hydroxylation is 1. The Kier molecular flexibility index (Phi) is 3.05. The molecule has 1 aromatic heterocycles. The van der Waals surface area contributed by atoms with Crippen LogP contribution < -0.4 is 5.32 Å². The Balaban J connectivity index is 1.55. The van der Waals surface area contributed by atoms with Crippen LogP contribution in [0.3, 0.4) is 0 Å². The number of hydrogen-bond acceptors (Lipinski definition) is 4. The molecule has 0 aromatic carbocycles. The van der Waals surface area contributed by atoms with Gasteiger partial charge in [-0.1, -0.05) is 0 Å². The standard InChI is InChI=1S/C12H19N5O/c1-9-11(6-14-15-9)12(18)17-7-10(8-17)16-4-2-13-3-5-16/h6,10,13H,2-5,7-8H2,1H3,(H,14,15). The van der Waals surface area contributed by atoms with E-state index in [1.54, 1.807) is 6.20 Å². The van der Waals surface area contributed by atoms with Crippen LogP contribution in [0.25, 0.3) is 0 Å². The summed E-state index contributed by atoms with van der Waals surface area (Å²) in [4.78, 5) is 16.6. The van der Waals surface area contributed by atoms with Crippen molar-refractivity contribution in [3.8, 4) is 0 Å². The third-order valence-electron chi connectivity index (χ3n) is 3.88. The van der Waals surface area contributed by atoms with Gasteiger partial charge in [-0.2, -0.15) is 5.10 Å². The number of likely N-dealkylation sites (tertiary alicyclic amines) is 1. The summed E-state index contributed by atoms with van der Waals surface area (Å²) in [5.41, 5.74) is 1.55. The molecule has 0 atom stereocenters. The van der Waals surface area contributed by atoms with Crippen LogP contribution in [0, 0.1) is 6.92 Å². The largest absolute Gasteiger partial charge is 0.335 e. The second-order valence-corrected chi connectivity index (χ2v) is 5.06. The molecule has 2 aliphatic heterocycles. The summed E-state index contributed by atoms with van der Waals surface area (Å²) in [6.45, 7) is 7.89. The van der Waals surface area contributed by atoms with Crippen LogP contribution in [0.2, 0.25) is 0 Å². The molecular weight excluding hydrogens is 230 g/mol. The zero-order valence-electron chi connectivity index (χ0n) is 10.6. The summed E-state index contributed by atoms with van der Waals surface area (Å²) < 4.78 is 0. The predicted octanol–water partition coefficient (Wildman–Crippen LogP) is -0.552. The molecule has 2 fully saturated rings. The number of aromatic amines is 1. The third kappa shape index (κ3) is 2.02. The van der Waals surface area contributed by atoms with Crippen molar-refractivity contribution in [1.82, 2.24) is 25.3 Å². The van der Waals surface area contributed by atoms with Crippen LogP contribution in [-0.4, -0.2) is 71.2 Å². The van der Waals surface area contributed by atoms with Crippen molar-refractivity contribution in [2.45, 2.75) is 13.0 Å². The molecule has 0 bridgehead atoms. The van der Waals surface area contributed by atoms with Crippen LogP contribution in [0.1, 0.15) is 16.1 Å². The molecule has 0 unspecified atom stereocenters. The van der Waals surface area contributed by atoms with Crippen molar-refractivity contribution in [2.24, 2.45) is 0 Å². The minimum absolute atomic E-state index is 0.104. The SMILES string of the molecule is Cc1[nH]ncc1C(=O)N1CC(N2CCNCC2)C1. The zero-order chi connectivity index (χ0) is 12.5. The average molecular weight is 249 g/mol. The van der Waals surface area contributed by atoms with Gasteiger partial charge < -0.3 is 10.2 Å². The predicted molar refractivity (Wildman–Crippen MR) is 67.5 cm³/mol. The smallest absolute Gasteiger partial charge is 0.257 e. The summed E-state index contributed by atoms with van der Waals surface area (Å²) in [6.07, 6.45) is 1.62. The van der Waals surface area contributed by atoms with Gasteiger partial charge in [0.25, 0.3) is 5.91 Å². The minimum Gasteiger partial charge on any atom is -0.335 e. The van der Waals surface area contributed by atoms with Crippen molar-refractivity contribution in [3.05, 3.63) is 17.5 Å². The maximum atomic E-state index is 12.2. The normalized spacial score (nSPS) is 21.9. The fraction of sp³-hybridized carbons (Fsp3) is 0.667. The second kappa shape index (κ2) is 4.70. The van der Waals surface area contributed by atoms with Gasteiger partial charge in [0.1, 0.15) is 0 Å². The van der Waals surface area contributed by atoms with Gasteiger partial charge in [0.2, 0.25) is 0 Å². The fourth-order valence-electron chi connectivity index (χ4n) is 2.64. The molecule has 98 valence electrons. The van der Waals surface area contributed by atoms with Crippen LogP contribution in [0.4, 0.5) is 0 Å². The van der Waals surface area contributed by atoms with Gasteiger partial charge >= 0.3 is 0 Å². The van der Waals surface area contributed by atoms with Crippen molar-refractivity contribution < 1.29 is 4.79 Å². The molecule has 2 saturated heterocycles. The molecule has 3 heterocycles. The molecule has 3 rings (SSSR count). The average Bonchev–Trinajstić information content (AvgIpc) is 2.75. The number of carbonyl (C=O) groups excluding carboxylic acids is 1. The Morgan fingerprint density at radius 2 is 2.11 bits per heavy atom. The highest BCUT2D eigenvalue weighted by Gasteiger charge is 2.36. The first-order chi connectivity index (χ1) is 8.75. The van der Waals surface area contributed by atoms with Crippen molar-refractivity contribution in [1.29, 1.82) is 0 Å². The van der Waals surface area contributed by atoms with E-state index in [1.807, 2.05) is 11.8 Å². The molecule has 2 N–H and O–H groups in total. The van der Waals surface area contributed by atoms with E-state index in [0.717, 1.165) is 45.0 Å². The van der Waals surface area contributed by atoms with E-state index in [-0.39, 0.29) is 5.91 Å². The summed E-state index contributed by atoms with van der Waals surface area (Å²) in [7, 11) is 0. The Bertz CT molecular complexity index is 431. The molecule has 18 heavy (non-hydrogen) atoms. The van der Waals surface area contributed by atoms with Gasteiger partial charge in [0.05, 0.1) is 11.8 Å². The summed E-state index contributed by atoms with van der Waals surface area (Å²) in [5.74, 6) is 0.104. The second-order valence-electron chi connectivity index (χ2n) is 5.06. The van der Waals surface area contributed by atoms with Gasteiger partial charge in [0.15, 0.2) is 0 Å². The Morgan fingerprint density at radius 3 is 2.72 bits per heavy atom. The molecule has 0 aliphatic carbocycles. The van der Waals surface area contributed by atoms with E-state index in [0.29, 0.717) is 11.6 Å². The number of rotatable bonds is 2. The van der Waals surface area contributed by atoms with Gasteiger partial charge in [-0.25, -0.2) is 0 Å². The molecular formula is C12H19N5O. The lowest BCUT2D eigenvalue weighted by Crippen LogP contribution is -2.63. The molecule has 6 heteroatoms. The van der Waals surface area contributed by atoms with E-state index in [9.17, 15) is 4.79 Å². The first kappa shape index (κ1) is 11.7. The number of amides is 1. The van der Waals surface area contributed by atoms with Crippen molar-refractivity contribution in [2.75, 3.05) is 39.3 Å². The number of carbonyl (C=O) groups is 1. The van der Waals surface area contributed by atoms with E-state index in [4.69, 9.17) is 0 Å². The van der Waals surface area contributed by atoms with E-state index >= 15 is 0 Å². The quantitative estimate of drug-likeness (QED) is 0.738. The summed E-state index contributed by atoms with van der Waals surface area (Å²) >= 11 is 0. The first-order valence-corrected chi connectivity index (χ1v) is 6.49. The van der Waals surface area contributed by atoms with E-state index < -0.39 is 0 Å². The lowest BCUT2D eigenvalue weighted by molar-refractivity contribution is 0.0226. The number of aromatic nitrogens is 2. The summed E-state index contributed by atoms with van der Waals surface area (Å²) in [6, 6.07) is 0.545. The molecule has 6 nitrogen and oxygen atoms in total. The van der Waals surface area contributed by atoms with Gasteiger partial charge in [-0.05, 0) is 6.92 Å². The third-order valence-corrected chi connectivity index (χ3v) is 3.88. The first-order valence-electron chi connectivity index (χ1n) is 6.49. The number of piperazine rings is 1. The Morgan fingerprint density at radius 1 is 1.39 bits per heavy atom. The molecule has 0 saturated carbocycles. The Labute approximate surface area is 106 Å². The summed E-state index contributed by atoms with van der Waals surface area (Å²) in [5, 5.41) is 10.1. The van der Waals surface area contributed by atoms with Crippen molar-refractivity contribution in [3.63, 3.8) is 0 Å². The fourth-order valence-corrected chi connectivity index (χ4v) is 2.64. The zero-order valence-corrected chi connectivity index (χ0v) is 10.6. The highest BCUT2D eigenvalue weighted by Crippen LogP contribution is 2.19. The minimum atomic E-state index is 0.104. The van der Waals surface area contributed by atoms with E-state index in [2.05, 4.69) is 20.4 Å².